The van der Waals surface area contributed by atoms with Crippen LogP contribution in [-0.2, 0) is 6.54 Å². The lowest BCUT2D eigenvalue weighted by Crippen LogP contribution is -2.38. The average molecular weight is 559 g/mol. The maximum Gasteiger partial charge on any atom is 0.573 e. The Labute approximate surface area is 216 Å². The average Bonchev–Trinajstić information content (AvgIpc) is 3.03. The summed E-state index contributed by atoms with van der Waals surface area (Å²) in [6.45, 7) is 2.83. The number of thiazole rings is 1. The molecule has 3 aromatic rings. The topological polar surface area (TPSA) is 61.5 Å². The second-order valence-electron chi connectivity index (χ2n) is 8.01. The molecule has 1 unspecified atom stereocenters. The summed E-state index contributed by atoms with van der Waals surface area (Å²) in [5.74, 6) is 0.133. The minimum absolute atomic E-state index is 0. The minimum atomic E-state index is -4.73. The first-order valence-electron chi connectivity index (χ1n) is 10.3. The first-order chi connectivity index (χ1) is 15.2. The number of fused-ring (bicyclic) bond motifs is 1. The second-order valence-corrected chi connectivity index (χ2v) is 9.47. The fraction of sp³-hybridized carbons (Fsp3) is 0.409. The fourth-order valence-electron chi connectivity index (χ4n) is 4.09. The van der Waals surface area contributed by atoms with Crippen molar-refractivity contribution in [3.05, 3.63) is 57.9 Å². The van der Waals surface area contributed by atoms with Crippen molar-refractivity contribution in [2.24, 2.45) is 5.92 Å². The highest BCUT2D eigenvalue weighted by Crippen LogP contribution is 2.27. The molecule has 1 aromatic heterocycles. The van der Waals surface area contributed by atoms with Gasteiger partial charge in [0.2, 0.25) is 0 Å². The normalized spacial score (nSPS) is 16.0. The van der Waals surface area contributed by atoms with E-state index >= 15 is 0 Å². The van der Waals surface area contributed by atoms with Gasteiger partial charge in [-0.25, -0.2) is 0 Å². The quantitative estimate of drug-likeness (QED) is 0.389. The van der Waals surface area contributed by atoms with Gasteiger partial charge in [-0.15, -0.1) is 38.0 Å². The van der Waals surface area contributed by atoms with Gasteiger partial charge in [0, 0.05) is 18.1 Å². The molecule has 0 spiro atoms. The van der Waals surface area contributed by atoms with Crippen LogP contribution < -0.4 is 9.54 Å². The number of nitrogens with one attached hydrogen (secondary N) is 1. The molecular weight excluding hydrogens is 534 g/mol. The number of piperidine rings is 1. The Hall–Kier alpha value is -1.49. The Morgan fingerprint density at radius 1 is 1.12 bits per heavy atom. The molecule has 0 aliphatic carbocycles. The summed E-state index contributed by atoms with van der Waals surface area (Å²) < 4.78 is 43.8. The third-order valence-electron chi connectivity index (χ3n) is 5.74. The highest BCUT2D eigenvalue weighted by atomic mass is 35.5. The Bertz CT molecular complexity index is 1130. The number of likely N-dealkylation sites (tertiary alicyclic amines) is 1. The van der Waals surface area contributed by atoms with E-state index in [1.54, 1.807) is 0 Å². The summed E-state index contributed by atoms with van der Waals surface area (Å²) in [5, 5.41) is 19.5. The number of ether oxygens (including phenoxy) is 1. The lowest BCUT2D eigenvalue weighted by molar-refractivity contribution is -0.274. The first kappa shape index (κ1) is 28.7. The number of rotatable bonds is 6. The van der Waals surface area contributed by atoms with Crippen LogP contribution >= 0.6 is 47.8 Å². The van der Waals surface area contributed by atoms with Crippen molar-refractivity contribution in [2.75, 3.05) is 19.6 Å². The van der Waals surface area contributed by atoms with Gasteiger partial charge in [-0.3, -0.25) is 5.41 Å². The van der Waals surface area contributed by atoms with Crippen molar-refractivity contribution < 1.29 is 23.0 Å². The van der Waals surface area contributed by atoms with Crippen LogP contribution in [0.1, 0.15) is 24.5 Å². The minimum Gasteiger partial charge on any atom is -0.406 e. The number of β-amino-alcohol motifs (C(OH)–C–C–N with tert-alkyl or cyclic N) is 1. The van der Waals surface area contributed by atoms with Crippen LogP contribution in [0.15, 0.2) is 42.5 Å². The summed E-state index contributed by atoms with van der Waals surface area (Å²) in [5.41, 5.74) is 1.58. The van der Waals surface area contributed by atoms with Crippen molar-refractivity contribution in [3.63, 3.8) is 0 Å². The summed E-state index contributed by atoms with van der Waals surface area (Å²) in [7, 11) is 0. The molecule has 1 fully saturated rings. The molecule has 188 valence electrons. The number of nitrogens with zero attached hydrogens (tertiary/aromatic N) is 2. The van der Waals surface area contributed by atoms with Gasteiger partial charge in [-0.05, 0) is 67.7 Å². The van der Waals surface area contributed by atoms with Gasteiger partial charge < -0.3 is 19.3 Å². The van der Waals surface area contributed by atoms with Gasteiger partial charge in [0.1, 0.15) is 5.75 Å². The van der Waals surface area contributed by atoms with Crippen molar-refractivity contribution in [1.29, 1.82) is 5.41 Å². The molecular formula is C22H25Cl3F3N3O2S. The third kappa shape index (κ3) is 7.26. The van der Waals surface area contributed by atoms with Crippen LogP contribution in [0.5, 0.6) is 5.75 Å². The van der Waals surface area contributed by atoms with Crippen LogP contribution in [-0.4, -0.2) is 40.6 Å². The molecule has 4 rings (SSSR count). The van der Waals surface area contributed by atoms with Crippen LogP contribution in [0.3, 0.4) is 0 Å². The molecule has 34 heavy (non-hydrogen) atoms. The summed E-state index contributed by atoms with van der Waals surface area (Å²) in [6.07, 6.45) is -3.62. The van der Waals surface area contributed by atoms with E-state index in [-0.39, 0.29) is 30.6 Å². The van der Waals surface area contributed by atoms with E-state index in [0.29, 0.717) is 27.9 Å². The Balaban J connectivity index is 0.00000204. The molecule has 0 radical (unpaired) electrons. The zero-order chi connectivity index (χ0) is 22.9. The number of aromatic nitrogens is 1. The van der Waals surface area contributed by atoms with Crippen LogP contribution in [0.25, 0.3) is 10.2 Å². The van der Waals surface area contributed by atoms with E-state index in [1.807, 2.05) is 22.8 Å². The van der Waals surface area contributed by atoms with Gasteiger partial charge in [0.05, 0.1) is 16.3 Å². The van der Waals surface area contributed by atoms with Crippen LogP contribution in [0.2, 0.25) is 5.02 Å². The van der Waals surface area contributed by atoms with E-state index in [4.69, 9.17) is 17.0 Å². The van der Waals surface area contributed by atoms with Crippen LogP contribution in [0.4, 0.5) is 13.2 Å². The van der Waals surface area contributed by atoms with Gasteiger partial charge in [0.25, 0.3) is 0 Å². The molecule has 1 saturated heterocycles. The van der Waals surface area contributed by atoms with Crippen molar-refractivity contribution in [2.45, 2.75) is 31.9 Å². The largest absolute Gasteiger partial charge is 0.573 e. The molecule has 5 nitrogen and oxygen atoms in total. The molecule has 1 atom stereocenters. The Kier molecular flexibility index (Phi) is 10.1. The molecule has 12 heteroatoms. The number of aliphatic hydroxyl groups excluding tert-OH is 1. The molecule has 2 aromatic carbocycles. The van der Waals surface area contributed by atoms with E-state index in [9.17, 15) is 18.3 Å². The number of hydrogen-bond acceptors (Lipinski definition) is 5. The number of halogens is 6. The smallest absolute Gasteiger partial charge is 0.406 e. The monoisotopic (exact) mass is 557 g/mol. The Morgan fingerprint density at radius 3 is 2.38 bits per heavy atom. The van der Waals surface area contributed by atoms with Crippen molar-refractivity contribution in [1.82, 2.24) is 9.47 Å². The molecule has 2 N–H and O–H groups in total. The third-order valence-corrected chi connectivity index (χ3v) is 6.94. The second kappa shape index (κ2) is 12.0. The highest BCUT2D eigenvalue weighted by Gasteiger charge is 2.31. The molecule has 1 aliphatic rings. The molecule has 0 amide bonds. The zero-order valence-corrected chi connectivity index (χ0v) is 21.1. The Morgan fingerprint density at radius 2 is 1.76 bits per heavy atom. The molecule has 2 heterocycles. The van der Waals surface area contributed by atoms with E-state index in [1.165, 1.54) is 35.6 Å². The lowest BCUT2D eigenvalue weighted by Gasteiger charge is -2.33. The summed E-state index contributed by atoms with van der Waals surface area (Å²) in [6, 6.07) is 11.0. The van der Waals surface area contributed by atoms with Gasteiger partial charge in [-0.2, -0.15) is 0 Å². The molecule has 0 bridgehead atoms. The van der Waals surface area contributed by atoms with Gasteiger partial charge in [0.15, 0.2) is 4.80 Å². The molecule has 1 aliphatic heterocycles. The van der Waals surface area contributed by atoms with Crippen molar-refractivity contribution in [3.8, 4) is 5.75 Å². The number of hydrogen-bond donors (Lipinski definition) is 2. The van der Waals surface area contributed by atoms with Crippen molar-refractivity contribution >= 4 is 58.0 Å². The van der Waals surface area contributed by atoms with Gasteiger partial charge >= 0.3 is 6.36 Å². The number of aliphatic hydroxyl groups is 1. The fourth-order valence-corrected chi connectivity index (χ4v) is 5.29. The van der Waals surface area contributed by atoms with Crippen LogP contribution in [0, 0.1) is 11.3 Å². The predicted octanol–water partition coefficient (Wildman–Crippen LogP) is 6.02. The molecule has 0 saturated carbocycles. The predicted molar refractivity (Wildman–Crippen MR) is 132 cm³/mol. The van der Waals surface area contributed by atoms with E-state index < -0.39 is 12.5 Å². The lowest BCUT2D eigenvalue weighted by atomic mass is 9.96. The van der Waals surface area contributed by atoms with E-state index in [2.05, 4.69) is 9.64 Å². The van der Waals surface area contributed by atoms with Gasteiger partial charge in [-0.1, -0.05) is 35.1 Å². The maximum atomic E-state index is 12.3. The first-order valence-corrected chi connectivity index (χ1v) is 11.5. The highest BCUT2D eigenvalue weighted by molar-refractivity contribution is 7.16. The summed E-state index contributed by atoms with van der Waals surface area (Å²) in [4.78, 5) is 2.68. The number of benzene rings is 2. The standard InChI is InChI=1S/C22H23ClF3N3O2S.2ClH/c23-16-3-6-18-20(11-16)32-21(27)29(18)12-14-7-9-28(10-8-14)13-19(30)15-1-4-17(5-2-15)31-22(24,25)26;;/h1-6,11,14,19,27,30H,7-10,12-13H2;2*1H. The maximum absolute atomic E-state index is 12.3. The SMILES string of the molecule is Cl.Cl.N=c1sc2cc(Cl)ccc2n1CC1CCN(CC(O)c2ccc(OC(F)(F)F)cc2)CC1. The number of alkyl halides is 3. The van der Waals surface area contributed by atoms with E-state index in [0.717, 1.165) is 42.7 Å². The summed E-state index contributed by atoms with van der Waals surface area (Å²) >= 11 is 7.49. The zero-order valence-electron chi connectivity index (χ0n) is 17.9.